The van der Waals surface area contributed by atoms with Crippen molar-refractivity contribution in [1.82, 2.24) is 10.6 Å². The Morgan fingerprint density at radius 3 is 2.05 bits per heavy atom. The number of amides is 3. The van der Waals surface area contributed by atoms with Crippen molar-refractivity contribution in [3.05, 3.63) is 0 Å². The molecule has 0 aromatic carbocycles. The minimum Gasteiger partial charge on any atom is -0.328 e. The fraction of sp³-hybridized carbons (Fsp3) is 0.857. The van der Waals surface area contributed by atoms with Gasteiger partial charge in [0, 0.05) is 6.54 Å². The van der Waals surface area contributed by atoms with Crippen LogP contribution in [0.15, 0.2) is 0 Å². The van der Waals surface area contributed by atoms with Crippen LogP contribution in [0, 0.1) is 29.6 Å². The lowest BCUT2D eigenvalue weighted by Crippen LogP contribution is -2.65. The van der Waals surface area contributed by atoms with Crippen LogP contribution in [0.3, 0.4) is 0 Å². The Kier molecular flexibility index (Phi) is 2.29. The van der Waals surface area contributed by atoms with Crippen molar-refractivity contribution < 1.29 is 9.59 Å². The van der Waals surface area contributed by atoms with E-state index in [9.17, 15) is 9.59 Å². The Labute approximate surface area is 112 Å². The van der Waals surface area contributed by atoms with Gasteiger partial charge < -0.3 is 11.1 Å². The molecule has 0 spiro atoms. The van der Waals surface area contributed by atoms with E-state index in [0.717, 1.165) is 11.8 Å². The predicted octanol–water partition coefficient (Wildman–Crippen LogP) is 0.596. The van der Waals surface area contributed by atoms with Crippen molar-refractivity contribution in [2.75, 3.05) is 6.54 Å². The maximum absolute atomic E-state index is 12.3. The summed E-state index contributed by atoms with van der Waals surface area (Å²) in [5.41, 5.74) is 5.09. The Hall–Kier alpha value is -1.10. The van der Waals surface area contributed by atoms with Crippen LogP contribution < -0.4 is 16.4 Å². The number of hydrogen-bond donors (Lipinski definition) is 3. The molecule has 1 heterocycles. The van der Waals surface area contributed by atoms with Gasteiger partial charge in [0.15, 0.2) is 0 Å². The van der Waals surface area contributed by atoms with Gasteiger partial charge in [0.1, 0.15) is 5.54 Å². The van der Waals surface area contributed by atoms with Crippen LogP contribution >= 0.6 is 0 Å². The average Bonchev–Trinajstić information content (AvgIpc) is 2.63. The van der Waals surface area contributed by atoms with Gasteiger partial charge in [0.2, 0.25) is 0 Å². The number of nitrogens with two attached hydrogens (primary N) is 1. The molecule has 1 saturated heterocycles. The van der Waals surface area contributed by atoms with Gasteiger partial charge in [0.25, 0.3) is 5.91 Å². The molecular weight excluding hydrogens is 242 g/mol. The van der Waals surface area contributed by atoms with Gasteiger partial charge in [-0.3, -0.25) is 10.1 Å². The van der Waals surface area contributed by atoms with E-state index < -0.39 is 5.54 Å². The van der Waals surface area contributed by atoms with Crippen LogP contribution in [0.4, 0.5) is 4.79 Å². The first-order chi connectivity index (χ1) is 9.12. The molecule has 0 radical (unpaired) electrons. The zero-order valence-electron chi connectivity index (χ0n) is 11.0. The van der Waals surface area contributed by atoms with E-state index in [1.54, 1.807) is 0 Å². The first-order valence-corrected chi connectivity index (χ1v) is 7.46. The van der Waals surface area contributed by atoms with E-state index in [0.29, 0.717) is 11.8 Å². The minimum absolute atomic E-state index is 0.197. The largest absolute Gasteiger partial charge is 0.328 e. The molecule has 5 rings (SSSR count). The molecule has 3 amide bonds. The van der Waals surface area contributed by atoms with Crippen molar-refractivity contribution in [1.29, 1.82) is 0 Å². The van der Waals surface area contributed by atoms with Crippen LogP contribution in [0.5, 0.6) is 0 Å². The van der Waals surface area contributed by atoms with Crippen molar-refractivity contribution in [3.63, 3.8) is 0 Å². The van der Waals surface area contributed by atoms with Crippen LogP contribution in [-0.2, 0) is 4.79 Å². The number of imide groups is 1. The smallest absolute Gasteiger partial charge is 0.322 e. The zero-order valence-corrected chi connectivity index (χ0v) is 11.0. The summed E-state index contributed by atoms with van der Waals surface area (Å²) in [7, 11) is 0. The number of carbonyl (C=O) groups is 2. The second kappa shape index (κ2) is 3.72. The van der Waals surface area contributed by atoms with Gasteiger partial charge in [-0.2, -0.15) is 0 Å². The van der Waals surface area contributed by atoms with E-state index in [1.165, 1.54) is 32.1 Å². The molecule has 1 atom stereocenters. The van der Waals surface area contributed by atoms with Gasteiger partial charge >= 0.3 is 6.03 Å². The molecule has 4 bridgehead atoms. The third-order valence-corrected chi connectivity index (χ3v) is 6.09. The predicted molar refractivity (Wildman–Crippen MR) is 69.0 cm³/mol. The van der Waals surface area contributed by atoms with Gasteiger partial charge in [-0.25, -0.2) is 4.79 Å². The molecule has 5 heteroatoms. The van der Waals surface area contributed by atoms with E-state index >= 15 is 0 Å². The molecule has 4 saturated carbocycles. The second-order valence-electron chi connectivity index (χ2n) is 7.04. The lowest BCUT2D eigenvalue weighted by Gasteiger charge is -2.58. The first kappa shape index (κ1) is 11.7. The van der Waals surface area contributed by atoms with Crippen molar-refractivity contribution >= 4 is 11.9 Å². The molecule has 0 aromatic rings. The quantitative estimate of drug-likeness (QED) is 0.638. The molecule has 4 aliphatic carbocycles. The Bertz CT molecular complexity index is 422. The molecule has 5 aliphatic rings. The highest BCUT2D eigenvalue weighted by atomic mass is 16.2. The summed E-state index contributed by atoms with van der Waals surface area (Å²) in [6.07, 6.45) is 6.28. The van der Waals surface area contributed by atoms with Crippen LogP contribution in [-0.4, -0.2) is 24.0 Å². The molecule has 1 aliphatic heterocycles. The highest BCUT2D eigenvalue weighted by Gasteiger charge is 2.60. The normalized spacial score (nSPS) is 51.3. The van der Waals surface area contributed by atoms with Gasteiger partial charge in [-0.15, -0.1) is 0 Å². The summed E-state index contributed by atoms with van der Waals surface area (Å²) in [5.74, 6) is 2.91. The summed E-state index contributed by atoms with van der Waals surface area (Å²) in [5, 5.41) is 5.27. The fourth-order valence-electron chi connectivity index (χ4n) is 5.75. The molecule has 5 fully saturated rings. The molecule has 0 aromatic heterocycles. The number of urea groups is 1. The molecule has 1 unspecified atom stereocenters. The lowest BCUT2D eigenvalue weighted by atomic mass is 9.48. The van der Waals surface area contributed by atoms with E-state index in [4.69, 9.17) is 5.73 Å². The topological polar surface area (TPSA) is 84.2 Å². The van der Waals surface area contributed by atoms with Gasteiger partial charge in [0.05, 0.1) is 0 Å². The van der Waals surface area contributed by atoms with Crippen molar-refractivity contribution in [2.24, 2.45) is 35.3 Å². The number of nitrogens with one attached hydrogen (secondary N) is 2. The summed E-state index contributed by atoms with van der Waals surface area (Å²) < 4.78 is 0. The maximum atomic E-state index is 12.3. The Balaban J connectivity index is 1.71. The Morgan fingerprint density at radius 2 is 1.63 bits per heavy atom. The monoisotopic (exact) mass is 263 g/mol. The highest BCUT2D eigenvalue weighted by Crippen LogP contribution is 2.59. The fourth-order valence-corrected chi connectivity index (χ4v) is 5.75. The van der Waals surface area contributed by atoms with Crippen LogP contribution in [0.1, 0.15) is 32.1 Å². The number of hydrogen-bond acceptors (Lipinski definition) is 3. The van der Waals surface area contributed by atoms with E-state index in [2.05, 4.69) is 10.6 Å². The number of carbonyl (C=O) groups excluding carboxylic acids is 2. The zero-order chi connectivity index (χ0) is 13.2. The molecule has 19 heavy (non-hydrogen) atoms. The summed E-state index contributed by atoms with van der Waals surface area (Å²) in [4.78, 5) is 23.9. The van der Waals surface area contributed by atoms with Crippen LogP contribution in [0.25, 0.3) is 0 Å². The summed E-state index contributed by atoms with van der Waals surface area (Å²) in [6.45, 7) is 0.220. The second-order valence-corrected chi connectivity index (χ2v) is 7.04. The number of rotatable bonds is 2. The van der Waals surface area contributed by atoms with Crippen molar-refractivity contribution in [3.8, 4) is 0 Å². The molecule has 4 N–H and O–H groups in total. The van der Waals surface area contributed by atoms with Crippen LogP contribution in [0.2, 0.25) is 0 Å². The van der Waals surface area contributed by atoms with Gasteiger partial charge in [-0.05, 0) is 61.7 Å². The third kappa shape index (κ3) is 1.45. The third-order valence-electron chi connectivity index (χ3n) is 6.09. The molecule has 104 valence electrons. The summed E-state index contributed by atoms with van der Waals surface area (Å²) in [6, 6.07) is -0.371. The van der Waals surface area contributed by atoms with Crippen molar-refractivity contribution in [2.45, 2.75) is 37.6 Å². The SMILES string of the molecule is NCC1(C2C3CC4CC(C3)CC2C4)NC(=O)NC1=O. The van der Waals surface area contributed by atoms with E-state index in [-0.39, 0.29) is 24.4 Å². The molecule has 5 nitrogen and oxygen atoms in total. The summed E-state index contributed by atoms with van der Waals surface area (Å²) >= 11 is 0. The lowest BCUT2D eigenvalue weighted by molar-refractivity contribution is -0.134. The Morgan fingerprint density at radius 1 is 1.05 bits per heavy atom. The van der Waals surface area contributed by atoms with E-state index in [1.807, 2.05) is 0 Å². The minimum atomic E-state index is -0.834. The maximum Gasteiger partial charge on any atom is 0.322 e. The standard InChI is InChI=1S/C14H21N3O2/c15-6-14(12(18)16-13(19)17-14)11-9-2-7-1-8(4-9)5-10(11)3-7/h7-11H,1-6,15H2,(H2,16,17,18,19). The highest BCUT2D eigenvalue weighted by molar-refractivity contribution is 6.07. The van der Waals surface area contributed by atoms with Gasteiger partial charge in [-0.1, -0.05) is 0 Å². The molecular formula is C14H21N3O2. The average molecular weight is 263 g/mol. The first-order valence-electron chi connectivity index (χ1n) is 7.46.